The molecule has 0 aliphatic carbocycles. The lowest BCUT2D eigenvalue weighted by atomic mass is 9.92. The van der Waals surface area contributed by atoms with Gasteiger partial charge < -0.3 is 24.8 Å². The number of nitrogens with one attached hydrogen (secondary N) is 1. The summed E-state index contributed by atoms with van der Waals surface area (Å²) in [4.78, 5) is 26.5. The van der Waals surface area contributed by atoms with Gasteiger partial charge >= 0.3 is 12.1 Å². The first-order chi connectivity index (χ1) is 14.0. The number of halogens is 2. The summed E-state index contributed by atoms with van der Waals surface area (Å²) in [5, 5.41) is 13.4. The molecule has 1 saturated heterocycles. The van der Waals surface area contributed by atoms with Crippen molar-refractivity contribution < 1.29 is 24.2 Å². The van der Waals surface area contributed by atoms with Crippen molar-refractivity contribution in [2.45, 2.75) is 64.7 Å². The Morgan fingerprint density at radius 1 is 1.37 bits per heavy atom. The number of carbonyl (C=O) groups excluding carboxylic acids is 2. The number of rotatable bonds is 7. The van der Waals surface area contributed by atoms with E-state index in [1.54, 1.807) is 39.8 Å². The lowest BCUT2D eigenvalue weighted by molar-refractivity contribution is -0.143. The molecule has 1 aliphatic rings. The maximum absolute atomic E-state index is 12.5. The standard InChI is InChI=1S/C21H30BrClN2O5/c1-5-29-18(27)6-7-21(24-19(28)30-20(2,3)4)8-9-25(13-21)17-11-14(23)10-16(22)15(17)12-26/h10-11,26H,5-9,12-13H2,1-4H3,(H,24,28). The maximum atomic E-state index is 12.5. The molecule has 30 heavy (non-hydrogen) atoms. The molecule has 1 aromatic carbocycles. The van der Waals surface area contributed by atoms with Crippen LogP contribution < -0.4 is 10.2 Å². The van der Waals surface area contributed by atoms with Gasteiger partial charge in [-0.25, -0.2) is 4.79 Å². The predicted octanol–water partition coefficient (Wildman–Crippen LogP) is 4.41. The highest BCUT2D eigenvalue weighted by Gasteiger charge is 2.41. The Bertz CT molecular complexity index is 783. The van der Waals surface area contributed by atoms with Gasteiger partial charge in [-0.05, 0) is 52.7 Å². The third kappa shape index (κ3) is 6.75. The topological polar surface area (TPSA) is 88.1 Å². The molecule has 9 heteroatoms. The van der Waals surface area contributed by atoms with E-state index in [0.717, 1.165) is 15.7 Å². The molecule has 1 atom stereocenters. The number of hydrogen-bond acceptors (Lipinski definition) is 6. The third-order valence-electron chi connectivity index (χ3n) is 4.87. The summed E-state index contributed by atoms with van der Waals surface area (Å²) in [6, 6.07) is 3.53. The second kappa shape index (κ2) is 10.2. The Morgan fingerprint density at radius 3 is 2.67 bits per heavy atom. The molecule has 1 aromatic rings. The Morgan fingerprint density at radius 2 is 2.07 bits per heavy atom. The summed E-state index contributed by atoms with van der Waals surface area (Å²) < 4.78 is 11.2. The van der Waals surface area contributed by atoms with E-state index in [1.165, 1.54) is 0 Å². The van der Waals surface area contributed by atoms with Crippen molar-refractivity contribution in [3.8, 4) is 0 Å². The number of nitrogens with zero attached hydrogens (tertiary/aromatic N) is 1. The average molecular weight is 506 g/mol. The molecule has 1 amide bonds. The van der Waals surface area contributed by atoms with E-state index in [9.17, 15) is 14.7 Å². The summed E-state index contributed by atoms with van der Waals surface area (Å²) in [6.45, 7) is 8.40. The van der Waals surface area contributed by atoms with Crippen LogP contribution in [0, 0.1) is 0 Å². The number of amides is 1. The molecule has 2 N–H and O–H groups in total. The molecule has 0 aromatic heterocycles. The van der Waals surface area contributed by atoms with Gasteiger partial charge in [0, 0.05) is 40.3 Å². The Kier molecular flexibility index (Phi) is 8.42. The fourth-order valence-corrected chi connectivity index (χ4v) is 4.49. The molecule has 0 bridgehead atoms. The van der Waals surface area contributed by atoms with Gasteiger partial charge in [-0.3, -0.25) is 4.79 Å². The monoisotopic (exact) mass is 504 g/mol. The molecule has 0 radical (unpaired) electrons. The van der Waals surface area contributed by atoms with Gasteiger partial charge in [0.25, 0.3) is 0 Å². The average Bonchev–Trinajstić information content (AvgIpc) is 3.02. The van der Waals surface area contributed by atoms with Gasteiger partial charge in [-0.2, -0.15) is 0 Å². The molecule has 7 nitrogen and oxygen atoms in total. The molecule has 1 fully saturated rings. The van der Waals surface area contributed by atoms with Crippen LogP contribution >= 0.6 is 27.5 Å². The van der Waals surface area contributed by atoms with Gasteiger partial charge in [0.15, 0.2) is 0 Å². The first kappa shape index (κ1) is 24.8. The molecular formula is C21H30BrClN2O5. The minimum atomic E-state index is -0.670. The number of esters is 1. The summed E-state index contributed by atoms with van der Waals surface area (Å²) in [5.41, 5.74) is 0.210. The van der Waals surface area contributed by atoms with Crippen LogP contribution in [0.25, 0.3) is 0 Å². The number of carbonyl (C=O) groups is 2. The van der Waals surface area contributed by atoms with E-state index < -0.39 is 17.2 Å². The zero-order valence-corrected chi connectivity index (χ0v) is 20.2. The largest absolute Gasteiger partial charge is 0.466 e. The molecule has 0 spiro atoms. The summed E-state index contributed by atoms with van der Waals surface area (Å²) in [6.07, 6.45) is 0.685. The first-order valence-electron chi connectivity index (χ1n) is 9.99. The van der Waals surface area contributed by atoms with Crippen molar-refractivity contribution in [1.82, 2.24) is 5.32 Å². The summed E-state index contributed by atoms with van der Waals surface area (Å²) >= 11 is 9.69. The van der Waals surface area contributed by atoms with Crippen LogP contribution in [0.5, 0.6) is 0 Å². The van der Waals surface area contributed by atoms with Crippen molar-refractivity contribution >= 4 is 45.3 Å². The van der Waals surface area contributed by atoms with E-state index in [-0.39, 0.29) is 19.0 Å². The Labute approximate surface area is 191 Å². The quantitative estimate of drug-likeness (QED) is 0.534. The van der Waals surface area contributed by atoms with Crippen LogP contribution in [0.4, 0.5) is 10.5 Å². The lowest BCUT2D eigenvalue weighted by Crippen LogP contribution is -2.52. The van der Waals surface area contributed by atoms with Crippen molar-refractivity contribution in [1.29, 1.82) is 0 Å². The number of ether oxygens (including phenoxy) is 2. The first-order valence-corrected chi connectivity index (χ1v) is 11.2. The van der Waals surface area contributed by atoms with Crippen LogP contribution in [0.2, 0.25) is 5.02 Å². The zero-order chi connectivity index (χ0) is 22.5. The van der Waals surface area contributed by atoms with Gasteiger partial charge in [0.2, 0.25) is 0 Å². The van der Waals surface area contributed by atoms with Gasteiger partial charge in [0.1, 0.15) is 5.60 Å². The number of aliphatic hydroxyl groups is 1. The van der Waals surface area contributed by atoms with Crippen LogP contribution in [0.15, 0.2) is 16.6 Å². The molecular weight excluding hydrogens is 476 g/mol. The number of hydrogen-bond donors (Lipinski definition) is 2. The van der Waals surface area contributed by atoms with E-state index >= 15 is 0 Å². The highest BCUT2D eigenvalue weighted by Crippen LogP contribution is 2.37. The van der Waals surface area contributed by atoms with Crippen LogP contribution in [-0.2, 0) is 20.9 Å². The molecule has 0 saturated carbocycles. The molecule has 1 heterocycles. The van der Waals surface area contributed by atoms with Crippen molar-refractivity contribution in [3.63, 3.8) is 0 Å². The number of anilines is 1. The van der Waals surface area contributed by atoms with Crippen LogP contribution in [0.3, 0.4) is 0 Å². The van der Waals surface area contributed by atoms with Gasteiger partial charge in [-0.1, -0.05) is 27.5 Å². The molecule has 168 valence electrons. The number of alkyl carbamates (subject to hydrolysis) is 1. The molecule has 1 aliphatic heterocycles. The third-order valence-corrected chi connectivity index (χ3v) is 5.79. The van der Waals surface area contributed by atoms with Gasteiger partial charge in [0.05, 0.1) is 18.8 Å². The smallest absolute Gasteiger partial charge is 0.408 e. The van der Waals surface area contributed by atoms with Gasteiger partial charge in [-0.15, -0.1) is 0 Å². The zero-order valence-electron chi connectivity index (χ0n) is 17.9. The van der Waals surface area contributed by atoms with Crippen LogP contribution in [0.1, 0.15) is 52.5 Å². The fourth-order valence-electron chi connectivity index (χ4n) is 3.57. The Balaban J connectivity index is 2.26. The maximum Gasteiger partial charge on any atom is 0.408 e. The van der Waals surface area contributed by atoms with E-state index in [2.05, 4.69) is 26.1 Å². The highest BCUT2D eigenvalue weighted by molar-refractivity contribution is 9.10. The van der Waals surface area contributed by atoms with Crippen molar-refractivity contribution in [2.24, 2.45) is 0 Å². The number of aliphatic hydroxyl groups excluding tert-OH is 1. The predicted molar refractivity (Wildman–Crippen MR) is 120 cm³/mol. The van der Waals surface area contributed by atoms with Crippen LogP contribution in [-0.4, -0.2) is 48.0 Å². The molecule has 1 unspecified atom stereocenters. The summed E-state index contributed by atoms with van der Waals surface area (Å²) in [5.74, 6) is -0.303. The second-order valence-electron chi connectivity index (χ2n) is 8.43. The second-order valence-corrected chi connectivity index (χ2v) is 9.72. The van der Waals surface area contributed by atoms with E-state index in [4.69, 9.17) is 21.1 Å². The number of benzene rings is 1. The Hall–Kier alpha value is -1.51. The summed E-state index contributed by atoms with van der Waals surface area (Å²) in [7, 11) is 0. The SMILES string of the molecule is CCOC(=O)CCC1(NC(=O)OC(C)(C)C)CCN(c2cc(Cl)cc(Br)c2CO)C1. The van der Waals surface area contributed by atoms with Crippen molar-refractivity contribution in [2.75, 3.05) is 24.6 Å². The van der Waals surface area contributed by atoms with Crippen molar-refractivity contribution in [3.05, 3.63) is 27.2 Å². The minimum absolute atomic E-state index is 0.154. The lowest BCUT2D eigenvalue weighted by Gasteiger charge is -2.32. The highest BCUT2D eigenvalue weighted by atomic mass is 79.9. The minimum Gasteiger partial charge on any atom is -0.466 e. The van der Waals surface area contributed by atoms with E-state index in [0.29, 0.717) is 37.6 Å². The fraction of sp³-hybridized carbons (Fsp3) is 0.619. The van der Waals surface area contributed by atoms with E-state index in [1.807, 2.05) is 0 Å². The molecule has 2 rings (SSSR count). The normalized spacial score (nSPS) is 19.0.